The van der Waals surface area contributed by atoms with Crippen molar-refractivity contribution in [3.05, 3.63) is 34.1 Å². The Morgan fingerprint density at radius 1 is 0.889 bits per heavy atom. The van der Waals surface area contributed by atoms with Crippen LogP contribution in [0.25, 0.3) is 11.4 Å². The van der Waals surface area contributed by atoms with E-state index in [1.165, 1.54) is 0 Å². The summed E-state index contributed by atoms with van der Waals surface area (Å²) in [7, 11) is 0. The van der Waals surface area contributed by atoms with Crippen LogP contribution < -0.4 is 0 Å². The highest BCUT2D eigenvalue weighted by Crippen LogP contribution is 2.22. The maximum absolute atomic E-state index is 6.07. The Hall–Kier alpha value is -1.29. The molecule has 7 nitrogen and oxygen atoms in total. The predicted octanol–water partition coefficient (Wildman–Crippen LogP) is 2.31. The largest absolute Gasteiger partial charge is 0.379 e. The van der Waals surface area contributed by atoms with E-state index in [0.29, 0.717) is 18.4 Å². The van der Waals surface area contributed by atoms with Crippen molar-refractivity contribution in [3.8, 4) is 11.4 Å². The number of halogens is 1. The lowest BCUT2D eigenvalue weighted by Gasteiger charge is -2.27. The fourth-order valence-corrected chi connectivity index (χ4v) is 3.72. The number of ether oxygens (including phenoxy) is 2. The van der Waals surface area contributed by atoms with Gasteiger partial charge in [0.1, 0.15) is 0 Å². The Bertz CT molecular complexity index is 810. The molecule has 0 radical (unpaired) electrons. The average molecular weight is 410 g/mol. The molecule has 9 heteroatoms. The van der Waals surface area contributed by atoms with Crippen LogP contribution in [0, 0.1) is 4.77 Å². The normalized spacial score (nSPS) is 19.4. The van der Waals surface area contributed by atoms with Crippen LogP contribution in [0.15, 0.2) is 24.3 Å². The minimum atomic E-state index is 0.679. The quantitative estimate of drug-likeness (QED) is 0.706. The first kappa shape index (κ1) is 19.0. The predicted molar refractivity (Wildman–Crippen MR) is 106 cm³/mol. The summed E-state index contributed by atoms with van der Waals surface area (Å²) in [5, 5.41) is 5.57. The highest BCUT2D eigenvalue weighted by Gasteiger charge is 2.19. The molecule has 0 amide bonds. The second-order valence-electron chi connectivity index (χ2n) is 6.78. The molecule has 2 fully saturated rings. The van der Waals surface area contributed by atoms with E-state index < -0.39 is 0 Å². The number of rotatable bonds is 5. The maximum atomic E-state index is 6.07. The summed E-state index contributed by atoms with van der Waals surface area (Å²) < 4.78 is 15.7. The molecule has 2 aromatic rings. The summed E-state index contributed by atoms with van der Waals surface area (Å²) in [6, 6.07) is 7.77. The van der Waals surface area contributed by atoms with Crippen LogP contribution in [-0.4, -0.2) is 76.8 Å². The minimum Gasteiger partial charge on any atom is -0.379 e. The van der Waals surface area contributed by atoms with E-state index in [9.17, 15) is 0 Å². The van der Waals surface area contributed by atoms with Crippen LogP contribution in [0.1, 0.15) is 0 Å². The molecule has 146 valence electrons. The van der Waals surface area contributed by atoms with Crippen molar-refractivity contribution in [3.63, 3.8) is 0 Å². The Kier molecular flexibility index (Phi) is 6.21. The van der Waals surface area contributed by atoms with Crippen molar-refractivity contribution in [2.24, 2.45) is 0 Å². The van der Waals surface area contributed by atoms with E-state index in [-0.39, 0.29) is 0 Å². The third-order valence-corrected chi connectivity index (χ3v) is 5.59. The minimum absolute atomic E-state index is 0.679. The summed E-state index contributed by atoms with van der Waals surface area (Å²) in [6.07, 6.45) is 0. The van der Waals surface area contributed by atoms with Gasteiger partial charge in [-0.15, -0.1) is 0 Å². The Balaban J connectivity index is 1.64. The van der Waals surface area contributed by atoms with E-state index in [0.717, 1.165) is 68.8 Å². The van der Waals surface area contributed by atoms with Crippen molar-refractivity contribution in [1.29, 1.82) is 0 Å². The molecule has 0 spiro atoms. The topological polar surface area (TPSA) is 47.7 Å². The van der Waals surface area contributed by atoms with Crippen LogP contribution in [0.4, 0.5) is 0 Å². The van der Waals surface area contributed by atoms with Gasteiger partial charge in [0.15, 0.2) is 5.82 Å². The van der Waals surface area contributed by atoms with Crippen molar-refractivity contribution in [2.45, 2.75) is 13.3 Å². The third kappa shape index (κ3) is 4.59. The molecule has 4 rings (SSSR count). The van der Waals surface area contributed by atoms with Gasteiger partial charge in [-0.1, -0.05) is 11.6 Å². The van der Waals surface area contributed by atoms with E-state index in [1.54, 1.807) is 0 Å². The number of benzene rings is 1. The van der Waals surface area contributed by atoms with E-state index >= 15 is 0 Å². The molecule has 0 bridgehead atoms. The zero-order valence-corrected chi connectivity index (χ0v) is 16.8. The Labute approximate surface area is 169 Å². The van der Waals surface area contributed by atoms with Gasteiger partial charge in [-0.25, -0.2) is 4.68 Å². The first-order valence-corrected chi connectivity index (χ1v) is 10.0. The van der Waals surface area contributed by atoms with E-state index in [2.05, 4.69) is 14.4 Å². The number of morpholine rings is 2. The molecule has 2 aliphatic rings. The van der Waals surface area contributed by atoms with Crippen molar-refractivity contribution < 1.29 is 9.47 Å². The third-order valence-electron chi connectivity index (χ3n) is 4.91. The van der Waals surface area contributed by atoms with Crippen LogP contribution in [-0.2, 0) is 22.8 Å². The van der Waals surface area contributed by atoms with Gasteiger partial charge in [0.05, 0.1) is 39.8 Å². The fourth-order valence-electron chi connectivity index (χ4n) is 3.35. The van der Waals surface area contributed by atoms with Gasteiger partial charge >= 0.3 is 0 Å². The summed E-state index contributed by atoms with van der Waals surface area (Å²) in [4.78, 5) is 4.66. The van der Waals surface area contributed by atoms with E-state index in [1.807, 2.05) is 28.9 Å². The molecule has 0 atom stereocenters. The summed E-state index contributed by atoms with van der Waals surface area (Å²) in [5.74, 6) is 0.872. The zero-order chi connectivity index (χ0) is 18.6. The lowest BCUT2D eigenvalue weighted by atomic mass is 10.2. The maximum Gasteiger partial charge on any atom is 0.200 e. The van der Waals surface area contributed by atoms with Gasteiger partial charge in [-0.2, -0.15) is 5.10 Å². The van der Waals surface area contributed by atoms with Crippen LogP contribution >= 0.6 is 23.8 Å². The second-order valence-corrected chi connectivity index (χ2v) is 7.59. The number of hydrogen-bond acceptors (Lipinski definition) is 6. The smallest absolute Gasteiger partial charge is 0.200 e. The van der Waals surface area contributed by atoms with Gasteiger partial charge in [-0.05, 0) is 36.5 Å². The molecule has 0 N–H and O–H groups in total. The summed E-state index contributed by atoms with van der Waals surface area (Å²) in [6.45, 7) is 8.01. The molecular formula is C18H24ClN5O2S. The lowest BCUT2D eigenvalue weighted by Crippen LogP contribution is -2.38. The highest BCUT2D eigenvalue weighted by atomic mass is 35.5. The van der Waals surface area contributed by atoms with E-state index in [4.69, 9.17) is 38.4 Å². The molecule has 2 aliphatic heterocycles. The monoisotopic (exact) mass is 409 g/mol. The summed E-state index contributed by atoms with van der Waals surface area (Å²) >= 11 is 11.9. The number of aromatic nitrogens is 3. The van der Waals surface area contributed by atoms with Crippen LogP contribution in [0.2, 0.25) is 5.02 Å². The van der Waals surface area contributed by atoms with Gasteiger partial charge in [0.2, 0.25) is 4.77 Å². The van der Waals surface area contributed by atoms with Gasteiger partial charge < -0.3 is 9.47 Å². The Morgan fingerprint density at radius 3 is 2.04 bits per heavy atom. The lowest BCUT2D eigenvalue weighted by molar-refractivity contribution is 0.0194. The zero-order valence-electron chi connectivity index (χ0n) is 15.2. The molecule has 3 heterocycles. The SMILES string of the molecule is S=c1n(CN2CCOCC2)nc(-c2ccc(Cl)cc2)n1CN1CCOCC1. The van der Waals surface area contributed by atoms with Crippen LogP contribution in [0.5, 0.6) is 0 Å². The number of nitrogens with zero attached hydrogens (tertiary/aromatic N) is 5. The van der Waals surface area contributed by atoms with Crippen LogP contribution in [0.3, 0.4) is 0 Å². The molecule has 0 unspecified atom stereocenters. The fraction of sp³-hybridized carbons (Fsp3) is 0.556. The van der Waals surface area contributed by atoms with Gasteiger partial charge in [0.25, 0.3) is 0 Å². The molecule has 0 aliphatic carbocycles. The molecule has 27 heavy (non-hydrogen) atoms. The highest BCUT2D eigenvalue weighted by molar-refractivity contribution is 7.71. The Morgan fingerprint density at radius 2 is 1.44 bits per heavy atom. The van der Waals surface area contributed by atoms with Gasteiger partial charge in [0, 0.05) is 36.8 Å². The number of hydrogen-bond donors (Lipinski definition) is 0. The first-order valence-electron chi connectivity index (χ1n) is 9.24. The standard InChI is InChI=1S/C18H24ClN5O2S/c19-16-3-1-15(2-4-16)17-20-24(14-22-7-11-26-12-8-22)18(27)23(17)13-21-5-9-25-10-6-21/h1-4H,5-14H2. The molecular weight excluding hydrogens is 386 g/mol. The molecule has 2 saturated heterocycles. The second kappa shape index (κ2) is 8.81. The first-order chi connectivity index (χ1) is 13.2. The average Bonchev–Trinajstić information content (AvgIpc) is 3.00. The van der Waals surface area contributed by atoms with Gasteiger partial charge in [-0.3, -0.25) is 14.4 Å². The van der Waals surface area contributed by atoms with Crippen molar-refractivity contribution in [1.82, 2.24) is 24.1 Å². The van der Waals surface area contributed by atoms with Crippen molar-refractivity contribution >= 4 is 23.8 Å². The molecule has 1 aromatic heterocycles. The molecule has 0 saturated carbocycles. The molecule has 1 aromatic carbocycles. The van der Waals surface area contributed by atoms with Crippen molar-refractivity contribution in [2.75, 3.05) is 52.6 Å². The summed E-state index contributed by atoms with van der Waals surface area (Å²) in [5.41, 5.74) is 1.01.